The zero-order valence-electron chi connectivity index (χ0n) is 11.2. The third-order valence-corrected chi connectivity index (χ3v) is 5.82. The molecule has 3 rings (SSSR count). The Balaban J connectivity index is 1.80. The van der Waals surface area contributed by atoms with E-state index in [1.54, 1.807) is 0 Å². The maximum Gasteiger partial charge on any atom is 0.113 e. The minimum absolute atomic E-state index is 0.154. The molecule has 100 valence electrons. The van der Waals surface area contributed by atoms with Gasteiger partial charge in [0.05, 0.1) is 11.2 Å². The number of nitrogens with zero attached hydrogens (tertiary/aromatic N) is 2. The Bertz CT molecular complexity index is 407. The Kier molecular flexibility index (Phi) is 3.43. The maximum atomic E-state index is 6.68. The summed E-state index contributed by atoms with van der Waals surface area (Å²) in [5.74, 6) is 0. The van der Waals surface area contributed by atoms with Crippen LogP contribution in [0, 0.1) is 0 Å². The van der Waals surface area contributed by atoms with Gasteiger partial charge >= 0.3 is 0 Å². The summed E-state index contributed by atoms with van der Waals surface area (Å²) in [5.41, 5.74) is 7.87. The van der Waals surface area contributed by atoms with Crippen molar-refractivity contribution in [3.63, 3.8) is 0 Å². The Morgan fingerprint density at radius 2 is 2.17 bits per heavy atom. The van der Waals surface area contributed by atoms with Crippen LogP contribution >= 0.6 is 11.3 Å². The number of nitrogens with two attached hydrogens (primary N) is 1. The minimum atomic E-state index is -0.154. The highest BCUT2D eigenvalue weighted by Gasteiger charge is 2.34. The first-order valence-electron chi connectivity index (χ1n) is 7.21. The first-order valence-corrected chi connectivity index (χ1v) is 8.03. The van der Waals surface area contributed by atoms with E-state index in [0.29, 0.717) is 0 Å². The summed E-state index contributed by atoms with van der Waals surface area (Å²) in [4.78, 5) is 8.87. The minimum Gasteiger partial charge on any atom is -0.319 e. The fourth-order valence-electron chi connectivity index (χ4n) is 3.15. The van der Waals surface area contributed by atoms with Crippen LogP contribution in [0.3, 0.4) is 0 Å². The third kappa shape index (κ3) is 2.22. The average molecular weight is 265 g/mol. The molecule has 2 aliphatic rings. The lowest BCUT2D eigenvalue weighted by Crippen LogP contribution is -2.37. The fraction of sp³-hybridized carbons (Fsp3) is 0.786. The molecule has 0 spiro atoms. The van der Waals surface area contributed by atoms with Crippen LogP contribution in [0.1, 0.15) is 48.2 Å². The number of likely N-dealkylation sites (tertiary alicyclic amines) is 1. The van der Waals surface area contributed by atoms with Crippen LogP contribution in [0.5, 0.6) is 0 Å². The molecule has 1 aliphatic carbocycles. The quantitative estimate of drug-likeness (QED) is 0.892. The van der Waals surface area contributed by atoms with Crippen LogP contribution in [0.4, 0.5) is 0 Å². The molecule has 1 atom stereocenters. The largest absolute Gasteiger partial charge is 0.319 e. The number of hydrogen-bond donors (Lipinski definition) is 1. The van der Waals surface area contributed by atoms with Crippen LogP contribution in [0.15, 0.2) is 0 Å². The Labute approximate surface area is 113 Å². The fourth-order valence-corrected chi connectivity index (χ4v) is 4.45. The first kappa shape index (κ1) is 12.6. The molecule has 4 heteroatoms. The highest BCUT2D eigenvalue weighted by Crippen LogP contribution is 2.37. The van der Waals surface area contributed by atoms with Crippen molar-refractivity contribution in [1.29, 1.82) is 0 Å². The predicted molar refractivity (Wildman–Crippen MR) is 76.0 cm³/mol. The highest BCUT2D eigenvalue weighted by atomic mass is 32.1. The van der Waals surface area contributed by atoms with Gasteiger partial charge in [-0.2, -0.15) is 0 Å². The van der Waals surface area contributed by atoms with E-state index in [0.717, 1.165) is 25.9 Å². The lowest BCUT2D eigenvalue weighted by Gasteiger charge is -2.25. The van der Waals surface area contributed by atoms with Crippen LogP contribution in [0.2, 0.25) is 0 Å². The van der Waals surface area contributed by atoms with Gasteiger partial charge in [-0.1, -0.05) is 6.92 Å². The number of aromatic nitrogens is 1. The smallest absolute Gasteiger partial charge is 0.113 e. The molecule has 0 radical (unpaired) electrons. The van der Waals surface area contributed by atoms with Crippen LogP contribution in [-0.2, 0) is 18.4 Å². The van der Waals surface area contributed by atoms with Gasteiger partial charge in [-0.15, -0.1) is 11.3 Å². The molecule has 1 aromatic heterocycles. The van der Waals surface area contributed by atoms with Crippen molar-refractivity contribution >= 4 is 11.3 Å². The molecule has 1 saturated heterocycles. The normalized spacial score (nSPS) is 29.2. The molecule has 2 heterocycles. The lowest BCUT2D eigenvalue weighted by molar-refractivity contribution is 0.289. The van der Waals surface area contributed by atoms with Gasteiger partial charge in [0, 0.05) is 11.4 Å². The molecular weight excluding hydrogens is 242 g/mol. The van der Waals surface area contributed by atoms with E-state index in [1.807, 2.05) is 11.3 Å². The van der Waals surface area contributed by atoms with Crippen LogP contribution in [0.25, 0.3) is 0 Å². The number of hydrogen-bond acceptors (Lipinski definition) is 4. The van der Waals surface area contributed by atoms with Crippen molar-refractivity contribution in [2.45, 2.75) is 51.0 Å². The molecule has 18 heavy (non-hydrogen) atoms. The van der Waals surface area contributed by atoms with Crippen molar-refractivity contribution in [1.82, 2.24) is 9.88 Å². The van der Waals surface area contributed by atoms with Gasteiger partial charge in [0.1, 0.15) is 5.01 Å². The molecule has 1 aromatic rings. The molecule has 3 nitrogen and oxygen atoms in total. The SMILES string of the molecule is CCN1CCCC(N)(c2nc3c(s2)CCC3)CC1. The van der Waals surface area contributed by atoms with E-state index in [9.17, 15) is 0 Å². The zero-order chi connectivity index (χ0) is 12.6. The molecule has 1 aliphatic heterocycles. The molecule has 1 fully saturated rings. The summed E-state index contributed by atoms with van der Waals surface area (Å²) in [6, 6.07) is 0. The van der Waals surface area contributed by atoms with Crippen molar-refractivity contribution in [3.05, 3.63) is 15.6 Å². The van der Waals surface area contributed by atoms with Crippen molar-refractivity contribution < 1.29 is 0 Å². The number of fused-ring (bicyclic) bond motifs is 1. The number of aryl methyl sites for hydroxylation is 2. The second-order valence-corrected chi connectivity index (χ2v) is 6.77. The summed E-state index contributed by atoms with van der Waals surface area (Å²) in [6.07, 6.45) is 7.04. The van der Waals surface area contributed by atoms with E-state index >= 15 is 0 Å². The monoisotopic (exact) mass is 265 g/mol. The molecule has 1 unspecified atom stereocenters. The second kappa shape index (κ2) is 4.91. The van der Waals surface area contributed by atoms with Crippen LogP contribution < -0.4 is 5.73 Å². The van der Waals surface area contributed by atoms with Gasteiger partial charge in [-0.25, -0.2) is 4.98 Å². The Morgan fingerprint density at radius 3 is 2.94 bits per heavy atom. The van der Waals surface area contributed by atoms with E-state index in [2.05, 4.69) is 11.8 Å². The number of thiazole rings is 1. The highest BCUT2D eigenvalue weighted by molar-refractivity contribution is 7.12. The Morgan fingerprint density at radius 1 is 1.28 bits per heavy atom. The average Bonchev–Trinajstić information content (AvgIpc) is 2.89. The van der Waals surface area contributed by atoms with E-state index in [4.69, 9.17) is 10.7 Å². The standard InChI is InChI=1S/C14H23N3S/c1-2-17-9-4-7-14(15,8-10-17)13-16-11-5-3-6-12(11)18-13/h2-10,15H2,1H3. The summed E-state index contributed by atoms with van der Waals surface area (Å²) in [5, 5.41) is 1.21. The topological polar surface area (TPSA) is 42.1 Å². The summed E-state index contributed by atoms with van der Waals surface area (Å²) in [6.45, 7) is 5.70. The van der Waals surface area contributed by atoms with Gasteiger partial charge in [0.15, 0.2) is 0 Å². The zero-order valence-corrected chi connectivity index (χ0v) is 12.1. The molecular formula is C14H23N3S. The van der Waals surface area contributed by atoms with Gasteiger partial charge in [-0.3, -0.25) is 0 Å². The lowest BCUT2D eigenvalue weighted by atomic mass is 9.92. The first-order chi connectivity index (χ1) is 8.71. The molecule has 0 saturated carbocycles. The van der Waals surface area contributed by atoms with Gasteiger partial charge in [-0.05, 0) is 51.6 Å². The third-order valence-electron chi connectivity index (χ3n) is 4.44. The molecule has 0 aromatic carbocycles. The predicted octanol–water partition coefficient (Wildman–Crippen LogP) is 2.29. The van der Waals surface area contributed by atoms with E-state index in [-0.39, 0.29) is 5.54 Å². The van der Waals surface area contributed by atoms with Crippen molar-refractivity contribution in [2.24, 2.45) is 5.73 Å². The molecule has 0 bridgehead atoms. The van der Waals surface area contributed by atoms with Crippen molar-refractivity contribution in [2.75, 3.05) is 19.6 Å². The van der Waals surface area contributed by atoms with Gasteiger partial charge in [0.25, 0.3) is 0 Å². The van der Waals surface area contributed by atoms with Gasteiger partial charge < -0.3 is 10.6 Å². The molecule has 0 amide bonds. The maximum absolute atomic E-state index is 6.68. The summed E-state index contributed by atoms with van der Waals surface area (Å²) < 4.78 is 0. The van der Waals surface area contributed by atoms with E-state index < -0.39 is 0 Å². The molecule has 2 N–H and O–H groups in total. The van der Waals surface area contributed by atoms with Gasteiger partial charge in [0.2, 0.25) is 0 Å². The summed E-state index contributed by atoms with van der Waals surface area (Å²) >= 11 is 1.89. The Hall–Kier alpha value is -0.450. The van der Waals surface area contributed by atoms with Crippen LogP contribution in [-0.4, -0.2) is 29.5 Å². The van der Waals surface area contributed by atoms with Crippen molar-refractivity contribution in [3.8, 4) is 0 Å². The summed E-state index contributed by atoms with van der Waals surface area (Å²) in [7, 11) is 0. The van der Waals surface area contributed by atoms with E-state index in [1.165, 1.54) is 47.8 Å². The second-order valence-electron chi connectivity index (χ2n) is 5.69. The number of rotatable bonds is 2.